The second kappa shape index (κ2) is 6.31. The van der Waals surface area contributed by atoms with E-state index in [-0.39, 0.29) is 17.7 Å². The highest BCUT2D eigenvalue weighted by Gasteiger charge is 2.10. The molecule has 4 nitrogen and oxygen atoms in total. The first kappa shape index (κ1) is 14.9. The molecule has 0 aromatic heterocycles. The Morgan fingerprint density at radius 2 is 1.71 bits per heavy atom. The van der Waals surface area contributed by atoms with E-state index in [1.807, 2.05) is 50.2 Å². The lowest BCUT2D eigenvalue weighted by Gasteiger charge is -2.17. The first-order chi connectivity index (χ1) is 9.95. The van der Waals surface area contributed by atoms with E-state index in [1.165, 1.54) is 6.92 Å². The van der Waals surface area contributed by atoms with E-state index in [4.69, 9.17) is 0 Å². The van der Waals surface area contributed by atoms with Crippen LogP contribution in [0.3, 0.4) is 0 Å². The minimum absolute atomic E-state index is 0.0171. The summed E-state index contributed by atoms with van der Waals surface area (Å²) in [6.07, 6.45) is 0. The van der Waals surface area contributed by atoms with Crippen molar-refractivity contribution in [2.75, 3.05) is 10.6 Å². The number of aryl methyl sites for hydroxylation is 1. The molecule has 0 radical (unpaired) electrons. The Kier molecular flexibility index (Phi) is 4.48. The largest absolute Gasteiger partial charge is 0.508 e. The molecule has 0 heterocycles. The zero-order valence-electron chi connectivity index (χ0n) is 12.5. The number of hydrogen-bond acceptors (Lipinski definition) is 3. The number of anilines is 2. The second-order valence-electron chi connectivity index (χ2n) is 5.19. The average molecular weight is 284 g/mol. The van der Waals surface area contributed by atoms with E-state index >= 15 is 0 Å². The predicted octanol–water partition coefficient (Wildman–Crippen LogP) is 3.83. The van der Waals surface area contributed by atoms with E-state index < -0.39 is 0 Å². The molecule has 0 aliphatic heterocycles. The van der Waals surface area contributed by atoms with Gasteiger partial charge in [-0.15, -0.1) is 0 Å². The minimum Gasteiger partial charge on any atom is -0.508 e. The zero-order valence-corrected chi connectivity index (χ0v) is 12.5. The maximum Gasteiger partial charge on any atom is 0.221 e. The highest BCUT2D eigenvalue weighted by atomic mass is 16.3. The summed E-state index contributed by atoms with van der Waals surface area (Å²) in [6.45, 7) is 5.48. The Bertz CT molecular complexity index is 636. The summed E-state index contributed by atoms with van der Waals surface area (Å²) in [6, 6.07) is 13.0. The van der Waals surface area contributed by atoms with Crippen LogP contribution in [0.2, 0.25) is 0 Å². The molecule has 0 saturated heterocycles. The fourth-order valence-corrected chi connectivity index (χ4v) is 2.20. The standard InChI is InChI=1S/C17H20N2O2/c1-11-4-9-17(21)16(10-11)12(2)18-14-5-7-15(8-6-14)19-13(3)20/h4-10,12,18,21H,1-3H3,(H,19,20). The Morgan fingerprint density at radius 1 is 1.10 bits per heavy atom. The van der Waals surface area contributed by atoms with Gasteiger partial charge in [-0.2, -0.15) is 0 Å². The van der Waals surface area contributed by atoms with Crippen LogP contribution >= 0.6 is 0 Å². The maximum absolute atomic E-state index is 11.0. The summed E-state index contributed by atoms with van der Waals surface area (Å²) in [5.41, 5.74) is 3.66. The van der Waals surface area contributed by atoms with Crippen molar-refractivity contribution < 1.29 is 9.90 Å². The molecule has 21 heavy (non-hydrogen) atoms. The quantitative estimate of drug-likeness (QED) is 0.799. The molecule has 2 aromatic rings. The summed E-state index contributed by atoms with van der Waals surface area (Å²) in [4.78, 5) is 11.0. The van der Waals surface area contributed by atoms with Crippen LogP contribution in [-0.4, -0.2) is 11.0 Å². The second-order valence-corrected chi connectivity index (χ2v) is 5.19. The van der Waals surface area contributed by atoms with Crippen molar-refractivity contribution in [1.29, 1.82) is 0 Å². The highest BCUT2D eigenvalue weighted by Crippen LogP contribution is 2.28. The first-order valence-electron chi connectivity index (χ1n) is 6.89. The van der Waals surface area contributed by atoms with E-state index in [0.717, 1.165) is 22.5 Å². The number of carbonyl (C=O) groups is 1. The normalized spacial score (nSPS) is 11.8. The molecule has 0 saturated carbocycles. The molecule has 1 atom stereocenters. The van der Waals surface area contributed by atoms with Crippen molar-refractivity contribution in [3.63, 3.8) is 0 Å². The molecule has 2 rings (SSSR count). The molecule has 4 heteroatoms. The lowest BCUT2D eigenvalue weighted by atomic mass is 10.0. The molecule has 0 aliphatic carbocycles. The smallest absolute Gasteiger partial charge is 0.221 e. The van der Waals surface area contributed by atoms with E-state index in [1.54, 1.807) is 6.07 Å². The Morgan fingerprint density at radius 3 is 2.33 bits per heavy atom. The van der Waals surface area contributed by atoms with Crippen LogP contribution in [0.5, 0.6) is 5.75 Å². The predicted molar refractivity (Wildman–Crippen MR) is 85.6 cm³/mol. The topological polar surface area (TPSA) is 61.4 Å². The highest BCUT2D eigenvalue weighted by molar-refractivity contribution is 5.88. The van der Waals surface area contributed by atoms with E-state index in [2.05, 4.69) is 10.6 Å². The van der Waals surface area contributed by atoms with Crippen LogP contribution in [0.25, 0.3) is 0 Å². The molecule has 0 bridgehead atoms. The summed E-state index contributed by atoms with van der Waals surface area (Å²) >= 11 is 0. The minimum atomic E-state index is -0.0891. The van der Waals surface area contributed by atoms with Crippen LogP contribution in [-0.2, 0) is 4.79 Å². The summed E-state index contributed by atoms with van der Waals surface area (Å²) < 4.78 is 0. The molecule has 3 N–H and O–H groups in total. The third kappa shape index (κ3) is 3.99. The molecule has 0 fully saturated rings. The number of phenolic OH excluding ortho intramolecular Hbond substituents is 1. The Hall–Kier alpha value is -2.49. The van der Waals surface area contributed by atoms with Crippen LogP contribution < -0.4 is 10.6 Å². The van der Waals surface area contributed by atoms with Gasteiger partial charge in [0.2, 0.25) is 5.91 Å². The monoisotopic (exact) mass is 284 g/mol. The van der Waals surface area contributed by atoms with Gasteiger partial charge in [0.1, 0.15) is 5.75 Å². The molecule has 110 valence electrons. The molecule has 2 aromatic carbocycles. The summed E-state index contributed by atoms with van der Waals surface area (Å²) in [5.74, 6) is 0.198. The number of phenols is 1. The van der Waals surface area contributed by atoms with Crippen molar-refractivity contribution in [3.05, 3.63) is 53.6 Å². The fraction of sp³-hybridized carbons (Fsp3) is 0.235. The van der Waals surface area contributed by atoms with Gasteiger partial charge in [-0.3, -0.25) is 4.79 Å². The number of nitrogens with one attached hydrogen (secondary N) is 2. The van der Waals surface area contributed by atoms with Gasteiger partial charge >= 0.3 is 0 Å². The number of hydrogen-bond donors (Lipinski definition) is 3. The Labute approximate surface area is 124 Å². The summed E-state index contributed by atoms with van der Waals surface area (Å²) in [7, 11) is 0. The first-order valence-corrected chi connectivity index (χ1v) is 6.89. The molecule has 1 amide bonds. The van der Waals surface area contributed by atoms with Gasteiger partial charge in [-0.25, -0.2) is 0 Å². The van der Waals surface area contributed by atoms with Crippen molar-refractivity contribution >= 4 is 17.3 Å². The van der Waals surface area contributed by atoms with Gasteiger partial charge < -0.3 is 15.7 Å². The van der Waals surface area contributed by atoms with Crippen LogP contribution in [0.4, 0.5) is 11.4 Å². The number of carbonyl (C=O) groups excluding carboxylic acids is 1. The molecule has 1 unspecified atom stereocenters. The van der Waals surface area contributed by atoms with Gasteiger partial charge in [0, 0.05) is 23.9 Å². The van der Waals surface area contributed by atoms with Crippen molar-refractivity contribution in [3.8, 4) is 5.75 Å². The van der Waals surface area contributed by atoms with E-state index in [9.17, 15) is 9.90 Å². The molecular weight excluding hydrogens is 264 g/mol. The summed E-state index contributed by atoms with van der Waals surface area (Å²) in [5, 5.41) is 16.0. The van der Waals surface area contributed by atoms with Gasteiger partial charge in [-0.05, 0) is 44.2 Å². The van der Waals surface area contributed by atoms with Crippen molar-refractivity contribution in [2.24, 2.45) is 0 Å². The average Bonchev–Trinajstić information content (AvgIpc) is 2.43. The Balaban J connectivity index is 2.10. The molecular formula is C17H20N2O2. The van der Waals surface area contributed by atoms with Gasteiger partial charge in [0.05, 0.1) is 6.04 Å². The van der Waals surface area contributed by atoms with Crippen LogP contribution in [0, 0.1) is 6.92 Å². The zero-order chi connectivity index (χ0) is 15.4. The fourth-order valence-electron chi connectivity index (χ4n) is 2.20. The third-order valence-corrected chi connectivity index (χ3v) is 3.24. The maximum atomic E-state index is 11.0. The van der Waals surface area contributed by atoms with E-state index in [0.29, 0.717) is 0 Å². The van der Waals surface area contributed by atoms with Gasteiger partial charge in [0.15, 0.2) is 0 Å². The lowest BCUT2D eigenvalue weighted by molar-refractivity contribution is -0.114. The SMILES string of the molecule is CC(=O)Nc1ccc(NC(C)c2cc(C)ccc2O)cc1. The molecule has 0 aliphatic rings. The van der Waals surface area contributed by atoms with Crippen molar-refractivity contribution in [1.82, 2.24) is 0 Å². The third-order valence-electron chi connectivity index (χ3n) is 3.24. The van der Waals surface area contributed by atoms with Crippen LogP contribution in [0.15, 0.2) is 42.5 Å². The number of rotatable bonds is 4. The van der Waals surface area contributed by atoms with Crippen molar-refractivity contribution in [2.45, 2.75) is 26.8 Å². The number of aromatic hydroxyl groups is 1. The number of amides is 1. The molecule has 0 spiro atoms. The van der Waals surface area contributed by atoms with Gasteiger partial charge in [0.25, 0.3) is 0 Å². The number of benzene rings is 2. The van der Waals surface area contributed by atoms with Crippen LogP contribution in [0.1, 0.15) is 31.0 Å². The van der Waals surface area contributed by atoms with Gasteiger partial charge in [-0.1, -0.05) is 17.7 Å². The lowest BCUT2D eigenvalue weighted by Crippen LogP contribution is -2.08.